The van der Waals surface area contributed by atoms with Gasteiger partial charge in [0, 0.05) is 15.5 Å². The smallest absolute Gasteiger partial charge is 0.291 e. The van der Waals surface area contributed by atoms with E-state index in [1.807, 2.05) is 37.3 Å². The van der Waals surface area contributed by atoms with E-state index in [-0.39, 0.29) is 11.7 Å². The highest BCUT2D eigenvalue weighted by Crippen LogP contribution is 2.24. The molecule has 0 atom stereocenters. The second kappa shape index (κ2) is 6.23. The normalized spacial score (nSPS) is 10.6. The molecule has 3 aromatic rings. The number of hydrogen-bond donors (Lipinski definition) is 1. The van der Waals surface area contributed by atoms with Crippen molar-refractivity contribution >= 4 is 38.5 Å². The van der Waals surface area contributed by atoms with Crippen LogP contribution in [-0.2, 0) is 0 Å². The fourth-order valence-electron chi connectivity index (χ4n) is 2.12. The standard InChI is InChI=1S/C17H14BrNO3/c1-2-21-14-6-4-13(5-7-14)19-17(20)16-10-11-9-12(18)3-8-15(11)22-16/h3-10H,2H2,1H3,(H,19,20). The van der Waals surface area contributed by atoms with Crippen LogP contribution in [0.2, 0.25) is 0 Å². The highest BCUT2D eigenvalue weighted by atomic mass is 79.9. The molecule has 0 unspecified atom stereocenters. The van der Waals surface area contributed by atoms with Crippen molar-refractivity contribution in [1.29, 1.82) is 0 Å². The maximum Gasteiger partial charge on any atom is 0.291 e. The van der Waals surface area contributed by atoms with Gasteiger partial charge in [-0.25, -0.2) is 0 Å². The summed E-state index contributed by atoms with van der Waals surface area (Å²) in [6.45, 7) is 2.54. The Balaban J connectivity index is 1.77. The molecule has 1 N–H and O–H groups in total. The van der Waals surface area contributed by atoms with Crippen LogP contribution in [0.25, 0.3) is 11.0 Å². The zero-order valence-corrected chi connectivity index (χ0v) is 13.5. The number of benzene rings is 2. The number of rotatable bonds is 4. The molecule has 0 fully saturated rings. The molecule has 4 nitrogen and oxygen atoms in total. The van der Waals surface area contributed by atoms with Crippen molar-refractivity contribution in [2.24, 2.45) is 0 Å². The highest BCUT2D eigenvalue weighted by Gasteiger charge is 2.12. The first-order chi connectivity index (χ1) is 10.7. The van der Waals surface area contributed by atoms with E-state index in [0.717, 1.165) is 15.6 Å². The zero-order chi connectivity index (χ0) is 15.5. The number of halogens is 1. The van der Waals surface area contributed by atoms with Crippen LogP contribution >= 0.6 is 15.9 Å². The van der Waals surface area contributed by atoms with Crippen molar-refractivity contribution in [3.05, 3.63) is 58.8 Å². The summed E-state index contributed by atoms with van der Waals surface area (Å²) in [5.41, 5.74) is 1.37. The monoisotopic (exact) mass is 359 g/mol. The van der Waals surface area contributed by atoms with Crippen LogP contribution in [-0.4, -0.2) is 12.5 Å². The maximum absolute atomic E-state index is 12.2. The molecule has 2 aromatic carbocycles. The van der Waals surface area contributed by atoms with Gasteiger partial charge in [0.1, 0.15) is 11.3 Å². The Morgan fingerprint density at radius 3 is 2.68 bits per heavy atom. The Bertz CT molecular complexity index is 808. The molecule has 1 amide bonds. The molecule has 5 heteroatoms. The number of fused-ring (bicyclic) bond motifs is 1. The van der Waals surface area contributed by atoms with E-state index in [0.29, 0.717) is 17.9 Å². The minimum atomic E-state index is -0.281. The fraction of sp³-hybridized carbons (Fsp3) is 0.118. The van der Waals surface area contributed by atoms with E-state index in [4.69, 9.17) is 9.15 Å². The predicted molar refractivity (Wildman–Crippen MR) is 89.5 cm³/mol. The number of nitrogens with one attached hydrogen (secondary N) is 1. The van der Waals surface area contributed by atoms with Crippen molar-refractivity contribution in [3.63, 3.8) is 0 Å². The molecule has 0 aliphatic heterocycles. The lowest BCUT2D eigenvalue weighted by molar-refractivity contribution is 0.0998. The van der Waals surface area contributed by atoms with Crippen molar-refractivity contribution in [1.82, 2.24) is 0 Å². The summed E-state index contributed by atoms with van der Waals surface area (Å²) in [6, 6.07) is 14.6. The predicted octanol–water partition coefficient (Wildman–Crippen LogP) is 4.85. The Labute approximate surface area is 136 Å². The van der Waals surface area contributed by atoms with Crippen molar-refractivity contribution in [3.8, 4) is 5.75 Å². The first-order valence-electron chi connectivity index (χ1n) is 6.89. The number of ether oxygens (including phenoxy) is 1. The van der Waals surface area contributed by atoms with Crippen LogP contribution in [0.3, 0.4) is 0 Å². The van der Waals surface area contributed by atoms with E-state index in [1.54, 1.807) is 18.2 Å². The van der Waals surface area contributed by atoms with Gasteiger partial charge in [0.2, 0.25) is 0 Å². The largest absolute Gasteiger partial charge is 0.494 e. The second-order valence-electron chi connectivity index (χ2n) is 4.70. The number of furan rings is 1. The molecule has 0 bridgehead atoms. The highest BCUT2D eigenvalue weighted by molar-refractivity contribution is 9.10. The van der Waals surface area contributed by atoms with Gasteiger partial charge in [0.15, 0.2) is 5.76 Å². The third-order valence-electron chi connectivity index (χ3n) is 3.13. The van der Waals surface area contributed by atoms with Crippen LogP contribution in [0.1, 0.15) is 17.5 Å². The van der Waals surface area contributed by atoms with Gasteiger partial charge in [-0.2, -0.15) is 0 Å². The molecule has 1 heterocycles. The minimum Gasteiger partial charge on any atom is -0.494 e. The summed E-state index contributed by atoms with van der Waals surface area (Å²) in [6.07, 6.45) is 0. The summed E-state index contributed by atoms with van der Waals surface area (Å²) in [5, 5.41) is 3.68. The van der Waals surface area contributed by atoms with E-state index in [9.17, 15) is 4.79 Å². The van der Waals surface area contributed by atoms with Crippen LogP contribution in [0.4, 0.5) is 5.69 Å². The molecule has 0 spiro atoms. The van der Waals surface area contributed by atoms with Crippen molar-refractivity contribution < 1.29 is 13.9 Å². The fourth-order valence-corrected chi connectivity index (χ4v) is 2.50. The Kier molecular flexibility index (Phi) is 4.15. The lowest BCUT2D eigenvalue weighted by Gasteiger charge is -2.05. The van der Waals surface area contributed by atoms with Crippen LogP contribution in [0.15, 0.2) is 57.4 Å². The van der Waals surface area contributed by atoms with Gasteiger partial charge in [0.25, 0.3) is 5.91 Å². The van der Waals surface area contributed by atoms with Crippen LogP contribution in [0, 0.1) is 0 Å². The zero-order valence-electron chi connectivity index (χ0n) is 11.9. The lowest BCUT2D eigenvalue weighted by atomic mass is 10.2. The third-order valence-corrected chi connectivity index (χ3v) is 3.62. The molecule has 0 saturated heterocycles. The number of hydrogen-bond acceptors (Lipinski definition) is 3. The Morgan fingerprint density at radius 1 is 1.18 bits per heavy atom. The Morgan fingerprint density at radius 2 is 1.95 bits per heavy atom. The molecule has 0 radical (unpaired) electrons. The molecule has 0 aliphatic rings. The molecular weight excluding hydrogens is 346 g/mol. The lowest BCUT2D eigenvalue weighted by Crippen LogP contribution is -2.10. The molecule has 112 valence electrons. The molecule has 3 rings (SSSR count). The average molecular weight is 360 g/mol. The molecule has 0 saturated carbocycles. The molecular formula is C17H14BrNO3. The SMILES string of the molecule is CCOc1ccc(NC(=O)c2cc3cc(Br)ccc3o2)cc1. The average Bonchev–Trinajstić information content (AvgIpc) is 2.92. The topological polar surface area (TPSA) is 51.5 Å². The van der Waals surface area contributed by atoms with Gasteiger partial charge in [-0.1, -0.05) is 15.9 Å². The van der Waals surface area contributed by atoms with E-state index in [1.165, 1.54) is 0 Å². The Hall–Kier alpha value is -2.27. The van der Waals surface area contributed by atoms with E-state index < -0.39 is 0 Å². The van der Waals surface area contributed by atoms with Gasteiger partial charge in [-0.3, -0.25) is 4.79 Å². The second-order valence-corrected chi connectivity index (χ2v) is 5.62. The van der Waals surface area contributed by atoms with Crippen molar-refractivity contribution in [2.45, 2.75) is 6.92 Å². The maximum atomic E-state index is 12.2. The van der Waals surface area contributed by atoms with Gasteiger partial charge in [0.05, 0.1) is 6.61 Å². The van der Waals surface area contributed by atoms with E-state index in [2.05, 4.69) is 21.2 Å². The number of anilines is 1. The quantitative estimate of drug-likeness (QED) is 0.724. The first-order valence-corrected chi connectivity index (χ1v) is 7.68. The minimum absolute atomic E-state index is 0.280. The van der Waals surface area contributed by atoms with Gasteiger partial charge < -0.3 is 14.5 Å². The number of carbonyl (C=O) groups excluding carboxylic acids is 1. The molecule has 0 aliphatic carbocycles. The summed E-state index contributed by atoms with van der Waals surface area (Å²) in [5.74, 6) is 0.771. The summed E-state index contributed by atoms with van der Waals surface area (Å²) >= 11 is 3.40. The van der Waals surface area contributed by atoms with Gasteiger partial charge in [-0.15, -0.1) is 0 Å². The van der Waals surface area contributed by atoms with E-state index >= 15 is 0 Å². The van der Waals surface area contributed by atoms with Crippen molar-refractivity contribution in [2.75, 3.05) is 11.9 Å². The van der Waals surface area contributed by atoms with Gasteiger partial charge >= 0.3 is 0 Å². The summed E-state index contributed by atoms with van der Waals surface area (Å²) in [4.78, 5) is 12.2. The summed E-state index contributed by atoms with van der Waals surface area (Å²) in [7, 11) is 0. The van der Waals surface area contributed by atoms with Gasteiger partial charge in [-0.05, 0) is 55.5 Å². The number of amides is 1. The van der Waals surface area contributed by atoms with Crippen LogP contribution in [0.5, 0.6) is 5.75 Å². The van der Waals surface area contributed by atoms with Crippen LogP contribution < -0.4 is 10.1 Å². The summed E-state index contributed by atoms with van der Waals surface area (Å²) < 4.78 is 11.9. The molecule has 22 heavy (non-hydrogen) atoms. The number of carbonyl (C=O) groups is 1. The third kappa shape index (κ3) is 3.14. The molecule has 1 aromatic heterocycles. The first kappa shape index (κ1) is 14.7.